The molecule has 0 aromatic rings. The molecule has 0 saturated heterocycles. The van der Waals surface area contributed by atoms with Crippen molar-refractivity contribution >= 4 is 0 Å². The summed E-state index contributed by atoms with van der Waals surface area (Å²) in [4.78, 5) is 0. The van der Waals surface area contributed by atoms with Crippen LogP contribution in [0.15, 0.2) is 11.6 Å². The average Bonchev–Trinajstić information content (AvgIpc) is 2.07. The maximum Gasteiger partial charge on any atom is 0.0983 e. The highest BCUT2D eigenvalue weighted by Crippen LogP contribution is 2.20. The first-order chi connectivity index (χ1) is 5.34. The third-order valence-electron chi connectivity index (χ3n) is 2.08. The van der Waals surface area contributed by atoms with E-state index in [4.69, 9.17) is 4.74 Å². The highest BCUT2D eigenvalue weighted by atomic mass is 16.5. The zero-order valence-electron chi connectivity index (χ0n) is 7.05. The first-order valence-corrected chi connectivity index (χ1v) is 4.20. The zero-order valence-corrected chi connectivity index (χ0v) is 7.05. The Balaban J connectivity index is 2.37. The van der Waals surface area contributed by atoms with E-state index < -0.39 is 0 Å². The van der Waals surface area contributed by atoms with Gasteiger partial charge >= 0.3 is 0 Å². The molecule has 1 aliphatic carbocycles. The number of aliphatic hydroxyl groups is 1. The molecule has 2 heteroatoms. The molecular weight excluding hydrogens is 140 g/mol. The third kappa shape index (κ3) is 2.64. The summed E-state index contributed by atoms with van der Waals surface area (Å²) < 4.78 is 4.87. The van der Waals surface area contributed by atoms with Crippen molar-refractivity contribution < 1.29 is 9.84 Å². The van der Waals surface area contributed by atoms with Crippen molar-refractivity contribution in [1.82, 2.24) is 0 Å². The van der Waals surface area contributed by atoms with Crippen LogP contribution in [0.25, 0.3) is 0 Å². The number of hydrogen-bond donors (Lipinski definition) is 1. The summed E-state index contributed by atoms with van der Waals surface area (Å²) in [5.74, 6) is 0. The summed E-state index contributed by atoms with van der Waals surface area (Å²) in [6.07, 6.45) is 6.43. The average molecular weight is 156 g/mol. The van der Waals surface area contributed by atoms with Gasteiger partial charge in [-0.25, -0.2) is 0 Å². The van der Waals surface area contributed by atoms with Gasteiger partial charge < -0.3 is 9.84 Å². The molecule has 0 spiro atoms. The van der Waals surface area contributed by atoms with E-state index in [9.17, 15) is 5.11 Å². The van der Waals surface area contributed by atoms with E-state index in [0.29, 0.717) is 6.61 Å². The SMILES string of the molecule is COCC(O)C1=CCCCC1. The second kappa shape index (κ2) is 4.52. The normalized spacial score (nSPS) is 21.1. The minimum atomic E-state index is -0.361. The van der Waals surface area contributed by atoms with Crippen LogP contribution in [-0.2, 0) is 4.74 Å². The number of aliphatic hydroxyl groups excluding tert-OH is 1. The summed E-state index contributed by atoms with van der Waals surface area (Å²) in [7, 11) is 1.62. The van der Waals surface area contributed by atoms with Crippen molar-refractivity contribution in [3.8, 4) is 0 Å². The van der Waals surface area contributed by atoms with Gasteiger partial charge in [-0.15, -0.1) is 0 Å². The van der Waals surface area contributed by atoms with Gasteiger partial charge in [-0.1, -0.05) is 6.08 Å². The third-order valence-corrected chi connectivity index (χ3v) is 2.08. The largest absolute Gasteiger partial charge is 0.386 e. The van der Waals surface area contributed by atoms with Gasteiger partial charge in [0.1, 0.15) is 0 Å². The lowest BCUT2D eigenvalue weighted by atomic mass is 9.96. The molecule has 0 aromatic heterocycles. The molecule has 0 heterocycles. The predicted octanol–water partition coefficient (Wildman–Crippen LogP) is 1.49. The lowest BCUT2D eigenvalue weighted by Gasteiger charge is -2.17. The van der Waals surface area contributed by atoms with E-state index in [0.717, 1.165) is 18.4 Å². The molecule has 2 nitrogen and oxygen atoms in total. The Morgan fingerprint density at radius 1 is 1.64 bits per heavy atom. The Morgan fingerprint density at radius 2 is 2.45 bits per heavy atom. The molecule has 0 saturated carbocycles. The Bertz CT molecular complexity index is 140. The van der Waals surface area contributed by atoms with Crippen LogP contribution in [0.5, 0.6) is 0 Å². The Labute approximate surface area is 67.9 Å². The van der Waals surface area contributed by atoms with Crippen molar-refractivity contribution in [3.63, 3.8) is 0 Å². The van der Waals surface area contributed by atoms with Crippen molar-refractivity contribution in [2.24, 2.45) is 0 Å². The van der Waals surface area contributed by atoms with E-state index >= 15 is 0 Å². The van der Waals surface area contributed by atoms with Crippen molar-refractivity contribution in [1.29, 1.82) is 0 Å². The van der Waals surface area contributed by atoms with Crippen LogP contribution in [0.3, 0.4) is 0 Å². The lowest BCUT2D eigenvalue weighted by molar-refractivity contribution is 0.0835. The minimum absolute atomic E-state index is 0.361. The van der Waals surface area contributed by atoms with Crippen LogP contribution >= 0.6 is 0 Å². The van der Waals surface area contributed by atoms with Crippen LogP contribution in [0.1, 0.15) is 25.7 Å². The number of rotatable bonds is 3. The van der Waals surface area contributed by atoms with E-state index in [2.05, 4.69) is 6.08 Å². The lowest BCUT2D eigenvalue weighted by Crippen LogP contribution is -2.18. The molecule has 64 valence electrons. The number of methoxy groups -OCH3 is 1. The van der Waals surface area contributed by atoms with E-state index in [1.165, 1.54) is 12.8 Å². The van der Waals surface area contributed by atoms with Crippen LogP contribution in [-0.4, -0.2) is 24.9 Å². The monoisotopic (exact) mass is 156 g/mol. The standard InChI is InChI=1S/C9H16O2/c1-11-7-9(10)8-5-3-2-4-6-8/h5,9-10H,2-4,6-7H2,1H3. The highest BCUT2D eigenvalue weighted by molar-refractivity contribution is 5.10. The molecule has 1 aliphatic rings. The fraction of sp³-hybridized carbons (Fsp3) is 0.778. The number of ether oxygens (including phenoxy) is 1. The summed E-state index contributed by atoms with van der Waals surface area (Å²) in [5, 5.41) is 9.48. The Hall–Kier alpha value is -0.340. The Kier molecular flexibility index (Phi) is 3.60. The van der Waals surface area contributed by atoms with E-state index in [1.54, 1.807) is 7.11 Å². The topological polar surface area (TPSA) is 29.5 Å². The van der Waals surface area contributed by atoms with Gasteiger partial charge in [0, 0.05) is 7.11 Å². The van der Waals surface area contributed by atoms with Gasteiger partial charge in [0.2, 0.25) is 0 Å². The number of allylic oxidation sites excluding steroid dienone is 1. The van der Waals surface area contributed by atoms with Crippen LogP contribution in [0.2, 0.25) is 0 Å². The second-order valence-corrected chi connectivity index (χ2v) is 3.00. The number of hydrogen-bond acceptors (Lipinski definition) is 2. The zero-order chi connectivity index (χ0) is 8.10. The molecule has 0 amide bonds. The first-order valence-electron chi connectivity index (χ1n) is 4.20. The molecule has 1 rings (SSSR count). The second-order valence-electron chi connectivity index (χ2n) is 3.00. The molecule has 0 fully saturated rings. The highest BCUT2D eigenvalue weighted by Gasteiger charge is 2.12. The van der Waals surface area contributed by atoms with E-state index in [-0.39, 0.29) is 6.10 Å². The van der Waals surface area contributed by atoms with Crippen LogP contribution in [0.4, 0.5) is 0 Å². The maximum absolute atomic E-state index is 9.48. The molecule has 11 heavy (non-hydrogen) atoms. The molecule has 1 atom stereocenters. The minimum Gasteiger partial charge on any atom is -0.386 e. The van der Waals surface area contributed by atoms with Crippen molar-refractivity contribution in [2.75, 3.05) is 13.7 Å². The Morgan fingerprint density at radius 3 is 3.00 bits per heavy atom. The molecule has 0 aliphatic heterocycles. The van der Waals surface area contributed by atoms with Crippen LogP contribution in [0, 0.1) is 0 Å². The van der Waals surface area contributed by atoms with Crippen molar-refractivity contribution in [3.05, 3.63) is 11.6 Å². The molecule has 1 N–H and O–H groups in total. The molecule has 0 bridgehead atoms. The van der Waals surface area contributed by atoms with Gasteiger partial charge in [-0.05, 0) is 31.3 Å². The van der Waals surface area contributed by atoms with Gasteiger partial charge in [0.15, 0.2) is 0 Å². The predicted molar refractivity (Wildman–Crippen MR) is 44.4 cm³/mol. The first kappa shape index (κ1) is 8.75. The van der Waals surface area contributed by atoms with Gasteiger partial charge in [-0.3, -0.25) is 0 Å². The summed E-state index contributed by atoms with van der Waals surface area (Å²) in [6.45, 7) is 0.436. The fourth-order valence-corrected chi connectivity index (χ4v) is 1.43. The van der Waals surface area contributed by atoms with Gasteiger partial charge in [0.25, 0.3) is 0 Å². The quantitative estimate of drug-likeness (QED) is 0.627. The van der Waals surface area contributed by atoms with Crippen LogP contribution < -0.4 is 0 Å². The van der Waals surface area contributed by atoms with Gasteiger partial charge in [0.05, 0.1) is 12.7 Å². The van der Waals surface area contributed by atoms with E-state index in [1.807, 2.05) is 0 Å². The summed E-state index contributed by atoms with van der Waals surface area (Å²) in [5.41, 5.74) is 1.16. The molecule has 0 radical (unpaired) electrons. The van der Waals surface area contributed by atoms with Crippen molar-refractivity contribution in [2.45, 2.75) is 31.8 Å². The van der Waals surface area contributed by atoms with Gasteiger partial charge in [-0.2, -0.15) is 0 Å². The molecule has 1 unspecified atom stereocenters. The fourth-order valence-electron chi connectivity index (χ4n) is 1.43. The maximum atomic E-state index is 9.48. The summed E-state index contributed by atoms with van der Waals surface area (Å²) >= 11 is 0. The summed E-state index contributed by atoms with van der Waals surface area (Å²) in [6, 6.07) is 0. The molecule has 0 aromatic carbocycles. The smallest absolute Gasteiger partial charge is 0.0983 e. The molecular formula is C9H16O2.